The Morgan fingerprint density at radius 1 is 1.24 bits per heavy atom. The van der Waals surface area contributed by atoms with E-state index in [0.717, 1.165) is 17.3 Å². The third-order valence-electron chi connectivity index (χ3n) is 2.90. The second-order valence-electron chi connectivity index (χ2n) is 4.38. The van der Waals surface area contributed by atoms with Gasteiger partial charge < -0.3 is 5.11 Å². The van der Waals surface area contributed by atoms with E-state index in [1.807, 2.05) is 0 Å². The molecular weight excluding hydrogens is 283 g/mol. The van der Waals surface area contributed by atoms with Gasteiger partial charge in [0.1, 0.15) is 5.82 Å². The summed E-state index contributed by atoms with van der Waals surface area (Å²) >= 11 is 3.34. The Kier molecular flexibility index (Phi) is 6.75. The van der Waals surface area contributed by atoms with Gasteiger partial charge in [-0.15, -0.1) is 0 Å². The Balaban J connectivity index is 2.41. The fraction of sp³-hybridized carbons (Fsp3) is 0.571. The molecule has 1 rings (SSSR count). The molecule has 1 unspecified atom stereocenters. The third-order valence-corrected chi connectivity index (χ3v) is 3.62. The molecule has 0 aliphatic carbocycles. The monoisotopic (exact) mass is 302 g/mol. The van der Waals surface area contributed by atoms with Gasteiger partial charge in [0.25, 0.3) is 0 Å². The topological polar surface area (TPSA) is 20.2 Å². The fourth-order valence-corrected chi connectivity index (χ4v) is 2.38. The minimum absolute atomic E-state index is 0.298. The number of rotatable bonds is 7. The van der Waals surface area contributed by atoms with Crippen molar-refractivity contribution >= 4 is 15.9 Å². The molecule has 0 bridgehead atoms. The minimum atomic E-state index is -0.568. The second kappa shape index (κ2) is 7.83. The number of hydrogen-bond acceptors (Lipinski definition) is 1. The van der Waals surface area contributed by atoms with E-state index < -0.39 is 6.10 Å². The van der Waals surface area contributed by atoms with Crippen LogP contribution in [0.2, 0.25) is 0 Å². The first-order valence-electron chi connectivity index (χ1n) is 6.28. The minimum Gasteiger partial charge on any atom is -0.388 e. The van der Waals surface area contributed by atoms with Gasteiger partial charge in [-0.25, -0.2) is 4.39 Å². The van der Waals surface area contributed by atoms with Crippen LogP contribution in [0, 0.1) is 5.82 Å². The molecule has 17 heavy (non-hydrogen) atoms. The summed E-state index contributed by atoms with van der Waals surface area (Å²) in [6, 6.07) is 4.44. The molecule has 1 N–H and O–H groups in total. The molecule has 0 spiro atoms. The number of halogens is 2. The van der Waals surface area contributed by atoms with Crippen molar-refractivity contribution in [3.8, 4) is 0 Å². The number of aliphatic hydroxyl groups excluding tert-OH is 1. The van der Waals surface area contributed by atoms with Gasteiger partial charge in [0, 0.05) is 4.47 Å². The van der Waals surface area contributed by atoms with E-state index in [9.17, 15) is 9.50 Å². The van der Waals surface area contributed by atoms with Crippen molar-refractivity contribution in [2.75, 3.05) is 0 Å². The van der Waals surface area contributed by atoms with Crippen molar-refractivity contribution in [3.63, 3.8) is 0 Å². The van der Waals surface area contributed by atoms with Gasteiger partial charge in [0.05, 0.1) is 6.10 Å². The summed E-state index contributed by atoms with van der Waals surface area (Å²) < 4.78 is 13.8. The van der Waals surface area contributed by atoms with Gasteiger partial charge in [-0.3, -0.25) is 0 Å². The zero-order valence-corrected chi connectivity index (χ0v) is 11.8. The van der Waals surface area contributed by atoms with Crippen molar-refractivity contribution in [2.45, 2.75) is 51.6 Å². The molecule has 0 radical (unpaired) electrons. The lowest BCUT2D eigenvalue weighted by Gasteiger charge is -2.12. The standard InChI is InChI=1S/C14H20BrFO/c1-2-3-4-5-6-7-14(17)12-10-11(16)8-9-13(12)15/h8-10,14,17H,2-7H2,1H3. The zero-order valence-electron chi connectivity index (χ0n) is 10.3. The van der Waals surface area contributed by atoms with Gasteiger partial charge in [-0.1, -0.05) is 55.0 Å². The molecule has 3 heteroatoms. The molecule has 1 aromatic rings. The Hall–Kier alpha value is -0.410. The number of benzene rings is 1. The van der Waals surface area contributed by atoms with Crippen molar-refractivity contribution in [2.24, 2.45) is 0 Å². The first-order valence-corrected chi connectivity index (χ1v) is 7.07. The third kappa shape index (κ3) is 5.17. The van der Waals surface area contributed by atoms with E-state index in [1.54, 1.807) is 6.07 Å². The van der Waals surface area contributed by atoms with E-state index in [-0.39, 0.29) is 5.82 Å². The molecule has 96 valence electrons. The summed E-state index contributed by atoms with van der Waals surface area (Å²) in [6.45, 7) is 2.18. The SMILES string of the molecule is CCCCCCCC(O)c1cc(F)ccc1Br. The largest absolute Gasteiger partial charge is 0.388 e. The van der Waals surface area contributed by atoms with Crippen LogP contribution >= 0.6 is 15.9 Å². The van der Waals surface area contributed by atoms with Crippen LogP contribution in [0.4, 0.5) is 4.39 Å². The van der Waals surface area contributed by atoms with Crippen molar-refractivity contribution in [3.05, 3.63) is 34.1 Å². The molecule has 1 aromatic carbocycles. The molecule has 1 atom stereocenters. The van der Waals surface area contributed by atoms with E-state index in [2.05, 4.69) is 22.9 Å². The van der Waals surface area contributed by atoms with Gasteiger partial charge in [0.2, 0.25) is 0 Å². The number of aliphatic hydroxyl groups is 1. The van der Waals surface area contributed by atoms with Gasteiger partial charge in [-0.05, 0) is 30.2 Å². The molecule has 0 aliphatic rings. The predicted molar refractivity (Wildman–Crippen MR) is 72.4 cm³/mol. The molecule has 0 fully saturated rings. The number of unbranched alkanes of at least 4 members (excludes halogenated alkanes) is 4. The van der Waals surface area contributed by atoms with Crippen LogP contribution in [0.1, 0.15) is 57.1 Å². The first kappa shape index (κ1) is 14.7. The van der Waals surface area contributed by atoms with Crippen LogP contribution in [0.25, 0.3) is 0 Å². The molecule has 1 nitrogen and oxygen atoms in total. The quantitative estimate of drug-likeness (QED) is 0.704. The van der Waals surface area contributed by atoms with Crippen LogP contribution < -0.4 is 0 Å². The predicted octanol–water partition coefficient (Wildman–Crippen LogP) is 4.98. The average Bonchev–Trinajstić information content (AvgIpc) is 2.32. The van der Waals surface area contributed by atoms with Gasteiger partial charge >= 0.3 is 0 Å². The second-order valence-corrected chi connectivity index (χ2v) is 5.24. The van der Waals surface area contributed by atoms with Crippen molar-refractivity contribution in [1.29, 1.82) is 0 Å². The Bertz CT molecular complexity index is 341. The maximum atomic E-state index is 13.1. The highest BCUT2D eigenvalue weighted by atomic mass is 79.9. The first-order chi connectivity index (χ1) is 8.15. The normalized spacial score (nSPS) is 12.7. The summed E-state index contributed by atoms with van der Waals surface area (Å²) in [5.41, 5.74) is 0.653. The summed E-state index contributed by atoms with van der Waals surface area (Å²) in [6.07, 6.45) is 5.95. The molecule has 0 saturated carbocycles. The van der Waals surface area contributed by atoms with E-state index in [4.69, 9.17) is 0 Å². The van der Waals surface area contributed by atoms with Crippen LogP contribution in [0.5, 0.6) is 0 Å². The maximum Gasteiger partial charge on any atom is 0.123 e. The Morgan fingerprint density at radius 3 is 2.65 bits per heavy atom. The van der Waals surface area contributed by atoms with Gasteiger partial charge in [0.15, 0.2) is 0 Å². The maximum absolute atomic E-state index is 13.1. The molecule has 0 aliphatic heterocycles. The molecule has 0 aromatic heterocycles. The van der Waals surface area contributed by atoms with E-state index in [0.29, 0.717) is 12.0 Å². The van der Waals surface area contributed by atoms with Crippen molar-refractivity contribution < 1.29 is 9.50 Å². The average molecular weight is 303 g/mol. The van der Waals surface area contributed by atoms with E-state index >= 15 is 0 Å². The summed E-state index contributed by atoms with van der Waals surface area (Å²) in [5, 5.41) is 9.99. The number of hydrogen-bond donors (Lipinski definition) is 1. The van der Waals surface area contributed by atoms with Crippen LogP contribution in [-0.2, 0) is 0 Å². The highest BCUT2D eigenvalue weighted by Gasteiger charge is 2.11. The summed E-state index contributed by atoms with van der Waals surface area (Å²) in [4.78, 5) is 0. The Morgan fingerprint density at radius 2 is 1.94 bits per heavy atom. The lowest BCUT2D eigenvalue weighted by atomic mass is 10.0. The summed E-state index contributed by atoms with van der Waals surface area (Å²) in [7, 11) is 0. The lowest BCUT2D eigenvalue weighted by Crippen LogP contribution is -1.99. The Labute approximate surface area is 111 Å². The van der Waals surface area contributed by atoms with Crippen LogP contribution in [-0.4, -0.2) is 5.11 Å². The van der Waals surface area contributed by atoms with Crippen LogP contribution in [0.15, 0.2) is 22.7 Å². The molecule has 0 amide bonds. The summed E-state index contributed by atoms with van der Waals surface area (Å²) in [5.74, 6) is -0.298. The molecular formula is C14H20BrFO. The molecule has 0 heterocycles. The highest BCUT2D eigenvalue weighted by Crippen LogP contribution is 2.27. The van der Waals surface area contributed by atoms with E-state index in [1.165, 1.54) is 31.4 Å². The molecule has 0 saturated heterocycles. The van der Waals surface area contributed by atoms with Gasteiger partial charge in [-0.2, -0.15) is 0 Å². The smallest absolute Gasteiger partial charge is 0.123 e. The fourth-order valence-electron chi connectivity index (χ4n) is 1.87. The highest BCUT2D eigenvalue weighted by molar-refractivity contribution is 9.10. The lowest BCUT2D eigenvalue weighted by molar-refractivity contribution is 0.162. The van der Waals surface area contributed by atoms with Crippen molar-refractivity contribution in [1.82, 2.24) is 0 Å². The van der Waals surface area contributed by atoms with Crippen LogP contribution in [0.3, 0.4) is 0 Å². The zero-order chi connectivity index (χ0) is 12.7.